The molecule has 3 amide bonds. The second-order valence-electron chi connectivity index (χ2n) is 7.49. The molecule has 30 heavy (non-hydrogen) atoms. The lowest BCUT2D eigenvalue weighted by Gasteiger charge is -2.32. The van der Waals surface area contributed by atoms with Gasteiger partial charge in [-0.15, -0.1) is 0 Å². The standard InChI is InChI=1S/C23H23ClN4O2/c1-15-20(14-16-13-17(24)7-8-21(16)25-15)22(29)26-19-9-11-28(12-10-19)23(30)27-18-5-3-2-4-6-18/h2-8,13-14,19H,9-12H2,1H3,(H,26,29)(H,27,30). The van der Waals surface area contributed by atoms with Gasteiger partial charge in [0.05, 0.1) is 16.8 Å². The largest absolute Gasteiger partial charge is 0.349 e. The van der Waals surface area contributed by atoms with Gasteiger partial charge in [0.2, 0.25) is 0 Å². The van der Waals surface area contributed by atoms with E-state index in [9.17, 15) is 9.59 Å². The molecule has 0 spiro atoms. The first kappa shape index (κ1) is 20.2. The summed E-state index contributed by atoms with van der Waals surface area (Å²) in [7, 11) is 0. The van der Waals surface area contributed by atoms with Crippen molar-refractivity contribution < 1.29 is 9.59 Å². The first-order valence-electron chi connectivity index (χ1n) is 9.98. The van der Waals surface area contributed by atoms with Gasteiger partial charge in [0, 0.05) is 35.2 Å². The number of anilines is 1. The van der Waals surface area contributed by atoms with Gasteiger partial charge in [0.1, 0.15) is 0 Å². The number of nitrogens with one attached hydrogen (secondary N) is 2. The maximum absolute atomic E-state index is 12.8. The molecule has 0 atom stereocenters. The number of carbonyl (C=O) groups excluding carboxylic acids is 2. The number of amides is 3. The van der Waals surface area contributed by atoms with Crippen LogP contribution in [0.5, 0.6) is 0 Å². The number of nitrogens with zero attached hydrogens (tertiary/aromatic N) is 2. The minimum atomic E-state index is -0.144. The van der Waals surface area contributed by atoms with Crippen molar-refractivity contribution in [3.8, 4) is 0 Å². The van der Waals surface area contributed by atoms with Crippen LogP contribution in [-0.4, -0.2) is 41.0 Å². The molecule has 0 radical (unpaired) electrons. The predicted octanol–water partition coefficient (Wildman–Crippen LogP) is 4.62. The van der Waals surface area contributed by atoms with Gasteiger partial charge >= 0.3 is 6.03 Å². The number of urea groups is 1. The summed E-state index contributed by atoms with van der Waals surface area (Å²) in [6, 6.07) is 16.6. The van der Waals surface area contributed by atoms with Crippen LogP contribution in [0.15, 0.2) is 54.6 Å². The molecule has 2 heterocycles. The maximum Gasteiger partial charge on any atom is 0.321 e. The molecule has 4 rings (SSSR count). The number of likely N-dealkylation sites (tertiary alicyclic amines) is 1. The van der Waals surface area contributed by atoms with Crippen LogP contribution < -0.4 is 10.6 Å². The van der Waals surface area contributed by atoms with Crippen molar-refractivity contribution in [1.29, 1.82) is 0 Å². The molecule has 7 heteroatoms. The molecule has 1 fully saturated rings. The molecule has 1 aromatic heterocycles. The van der Waals surface area contributed by atoms with E-state index < -0.39 is 0 Å². The van der Waals surface area contributed by atoms with E-state index in [-0.39, 0.29) is 18.0 Å². The molecule has 3 aromatic rings. The molecule has 154 valence electrons. The highest BCUT2D eigenvalue weighted by Crippen LogP contribution is 2.21. The molecule has 1 aliphatic heterocycles. The maximum atomic E-state index is 12.8. The number of para-hydroxylation sites is 1. The fourth-order valence-corrected chi connectivity index (χ4v) is 3.87. The lowest BCUT2D eigenvalue weighted by molar-refractivity contribution is 0.0918. The van der Waals surface area contributed by atoms with Crippen molar-refractivity contribution in [3.63, 3.8) is 0 Å². The van der Waals surface area contributed by atoms with Gasteiger partial charge in [-0.2, -0.15) is 0 Å². The van der Waals surface area contributed by atoms with Gasteiger partial charge in [-0.25, -0.2) is 4.79 Å². The third-order valence-corrected chi connectivity index (χ3v) is 5.59. The van der Waals surface area contributed by atoms with Gasteiger partial charge in [0.15, 0.2) is 0 Å². The van der Waals surface area contributed by atoms with Crippen LogP contribution in [0.4, 0.5) is 10.5 Å². The molecule has 6 nitrogen and oxygen atoms in total. The number of carbonyl (C=O) groups is 2. The number of fused-ring (bicyclic) bond motifs is 1. The Balaban J connectivity index is 1.36. The van der Waals surface area contributed by atoms with E-state index in [0.29, 0.717) is 42.2 Å². The highest BCUT2D eigenvalue weighted by atomic mass is 35.5. The number of pyridine rings is 1. The normalized spacial score (nSPS) is 14.5. The topological polar surface area (TPSA) is 74.3 Å². The number of aryl methyl sites for hydroxylation is 1. The number of benzene rings is 2. The van der Waals surface area contributed by atoms with Crippen molar-refractivity contribution in [1.82, 2.24) is 15.2 Å². The van der Waals surface area contributed by atoms with E-state index >= 15 is 0 Å². The predicted molar refractivity (Wildman–Crippen MR) is 119 cm³/mol. The molecular weight excluding hydrogens is 400 g/mol. The summed E-state index contributed by atoms with van der Waals surface area (Å²) in [6.45, 7) is 3.02. The Morgan fingerprint density at radius 1 is 1.07 bits per heavy atom. The molecule has 1 aliphatic rings. The second kappa shape index (κ2) is 8.71. The Kier molecular flexibility index (Phi) is 5.86. The lowest BCUT2D eigenvalue weighted by atomic mass is 10.0. The summed E-state index contributed by atoms with van der Waals surface area (Å²) in [5, 5.41) is 7.45. The van der Waals surface area contributed by atoms with Crippen molar-refractivity contribution in [3.05, 3.63) is 70.9 Å². The molecule has 1 saturated heterocycles. The number of hydrogen-bond acceptors (Lipinski definition) is 3. The third kappa shape index (κ3) is 4.54. The van der Waals surface area contributed by atoms with E-state index in [2.05, 4.69) is 15.6 Å². The monoisotopic (exact) mass is 422 g/mol. The van der Waals surface area contributed by atoms with E-state index in [1.165, 1.54) is 0 Å². The number of aromatic nitrogens is 1. The molecule has 0 aliphatic carbocycles. The minimum Gasteiger partial charge on any atom is -0.349 e. The number of rotatable bonds is 3. The highest BCUT2D eigenvalue weighted by Gasteiger charge is 2.25. The quantitative estimate of drug-likeness (QED) is 0.646. The van der Waals surface area contributed by atoms with Crippen LogP contribution in [0, 0.1) is 6.92 Å². The Morgan fingerprint density at radius 2 is 1.80 bits per heavy atom. The molecule has 0 unspecified atom stereocenters. The molecule has 0 saturated carbocycles. The van der Waals surface area contributed by atoms with Crippen LogP contribution in [0.3, 0.4) is 0 Å². The van der Waals surface area contributed by atoms with Crippen LogP contribution in [0.25, 0.3) is 10.9 Å². The number of hydrogen-bond donors (Lipinski definition) is 2. The summed E-state index contributed by atoms with van der Waals surface area (Å²) in [5.41, 5.74) is 2.82. The summed E-state index contributed by atoms with van der Waals surface area (Å²) in [5.74, 6) is -0.144. The average Bonchev–Trinajstić information content (AvgIpc) is 2.74. The van der Waals surface area contributed by atoms with Gasteiger partial charge in [-0.3, -0.25) is 9.78 Å². The molecule has 2 aromatic carbocycles. The Bertz CT molecular complexity index is 1080. The second-order valence-corrected chi connectivity index (χ2v) is 7.93. The first-order chi connectivity index (χ1) is 14.5. The van der Waals surface area contributed by atoms with Crippen LogP contribution in [0.2, 0.25) is 5.02 Å². The van der Waals surface area contributed by atoms with Gasteiger partial charge in [-0.1, -0.05) is 29.8 Å². The van der Waals surface area contributed by atoms with Crippen LogP contribution in [-0.2, 0) is 0 Å². The van der Waals surface area contributed by atoms with E-state index in [1.54, 1.807) is 11.0 Å². The zero-order chi connectivity index (χ0) is 21.1. The summed E-state index contributed by atoms with van der Waals surface area (Å²) in [6.07, 6.45) is 1.42. The van der Waals surface area contributed by atoms with Crippen LogP contribution in [0.1, 0.15) is 28.9 Å². The van der Waals surface area contributed by atoms with Crippen molar-refractivity contribution in [2.75, 3.05) is 18.4 Å². The fourth-order valence-electron chi connectivity index (χ4n) is 3.69. The summed E-state index contributed by atoms with van der Waals surface area (Å²) < 4.78 is 0. The van der Waals surface area contributed by atoms with E-state index in [0.717, 1.165) is 16.6 Å². The summed E-state index contributed by atoms with van der Waals surface area (Å²) in [4.78, 5) is 31.6. The van der Waals surface area contributed by atoms with Crippen molar-refractivity contribution >= 4 is 40.1 Å². The average molecular weight is 423 g/mol. The molecular formula is C23H23ClN4O2. The Labute approximate surface area is 180 Å². The lowest BCUT2D eigenvalue weighted by Crippen LogP contribution is -2.47. The minimum absolute atomic E-state index is 0.0210. The van der Waals surface area contributed by atoms with Gasteiger partial charge in [-0.05, 0) is 56.2 Å². The zero-order valence-electron chi connectivity index (χ0n) is 16.7. The Morgan fingerprint density at radius 3 is 2.53 bits per heavy atom. The molecule has 0 bridgehead atoms. The molecule has 2 N–H and O–H groups in total. The van der Waals surface area contributed by atoms with Crippen molar-refractivity contribution in [2.24, 2.45) is 0 Å². The zero-order valence-corrected chi connectivity index (χ0v) is 17.4. The SMILES string of the molecule is Cc1nc2ccc(Cl)cc2cc1C(=O)NC1CCN(C(=O)Nc2ccccc2)CC1. The van der Waals surface area contributed by atoms with Gasteiger partial charge in [0.25, 0.3) is 5.91 Å². The van der Waals surface area contributed by atoms with Crippen LogP contribution >= 0.6 is 11.6 Å². The first-order valence-corrected chi connectivity index (χ1v) is 10.4. The van der Waals surface area contributed by atoms with E-state index in [1.807, 2.05) is 55.5 Å². The van der Waals surface area contributed by atoms with Gasteiger partial charge < -0.3 is 15.5 Å². The number of halogens is 1. The summed E-state index contributed by atoms with van der Waals surface area (Å²) >= 11 is 6.07. The van der Waals surface area contributed by atoms with E-state index in [4.69, 9.17) is 11.6 Å². The third-order valence-electron chi connectivity index (χ3n) is 5.35. The smallest absolute Gasteiger partial charge is 0.321 e. The fraction of sp³-hybridized carbons (Fsp3) is 0.261. The highest BCUT2D eigenvalue weighted by molar-refractivity contribution is 6.31. The Hall–Kier alpha value is -3.12. The number of piperidine rings is 1. The van der Waals surface area contributed by atoms with Crippen molar-refractivity contribution in [2.45, 2.75) is 25.8 Å².